The number of thiazole rings is 1. The fourth-order valence-corrected chi connectivity index (χ4v) is 5.52. The lowest BCUT2D eigenvalue weighted by Crippen LogP contribution is -2.40. The van der Waals surface area contributed by atoms with Crippen LogP contribution in [0, 0.1) is 0 Å². The van der Waals surface area contributed by atoms with Crippen LogP contribution in [0.1, 0.15) is 37.9 Å². The average molecular weight is 606 g/mol. The number of carboxylic acids is 1. The van der Waals surface area contributed by atoms with E-state index in [1.54, 1.807) is 69.3 Å². The first-order chi connectivity index (χ1) is 17.5. The standard InChI is InChI=1S/C26H22BrClN2O6S/c1-13(2)36-25(34)22-14(3)29-26-30(23(22)16-5-7-17(28)8-6-16)24(33)20(37-26)11-15-4-9-19(18(27)10-15)35-12-21(31)32/h4-11,13,23H,12H2,1-3H3,(H,31,32)/b20-11+/t23-/m0/s1. The molecule has 0 aliphatic carbocycles. The van der Waals surface area contributed by atoms with E-state index in [1.165, 1.54) is 15.9 Å². The molecule has 0 spiro atoms. The topological polar surface area (TPSA) is 107 Å². The van der Waals surface area contributed by atoms with E-state index in [9.17, 15) is 14.4 Å². The number of rotatable bonds is 7. The summed E-state index contributed by atoms with van der Waals surface area (Å²) in [4.78, 5) is 42.6. The van der Waals surface area contributed by atoms with Gasteiger partial charge in [0, 0.05) is 5.02 Å². The van der Waals surface area contributed by atoms with Crippen LogP contribution >= 0.6 is 38.9 Å². The first-order valence-electron chi connectivity index (χ1n) is 11.2. The highest BCUT2D eigenvalue weighted by molar-refractivity contribution is 9.10. The van der Waals surface area contributed by atoms with Crippen molar-refractivity contribution < 1.29 is 24.2 Å². The van der Waals surface area contributed by atoms with Gasteiger partial charge in [0.25, 0.3) is 5.56 Å². The van der Waals surface area contributed by atoms with E-state index in [0.717, 1.165) is 0 Å². The molecule has 2 aromatic carbocycles. The van der Waals surface area contributed by atoms with E-state index >= 15 is 0 Å². The van der Waals surface area contributed by atoms with Gasteiger partial charge < -0.3 is 14.6 Å². The van der Waals surface area contributed by atoms with E-state index in [2.05, 4.69) is 20.9 Å². The molecule has 2 heterocycles. The van der Waals surface area contributed by atoms with Gasteiger partial charge in [-0.3, -0.25) is 9.36 Å². The Kier molecular flexibility index (Phi) is 8.01. The number of aromatic nitrogens is 1. The van der Waals surface area contributed by atoms with Crippen LogP contribution in [-0.4, -0.2) is 34.3 Å². The van der Waals surface area contributed by atoms with Crippen molar-refractivity contribution >= 4 is 56.9 Å². The van der Waals surface area contributed by atoms with Gasteiger partial charge in [0.1, 0.15) is 5.75 Å². The summed E-state index contributed by atoms with van der Waals surface area (Å²) in [5.41, 5.74) is 1.84. The van der Waals surface area contributed by atoms with Crippen molar-refractivity contribution in [3.8, 4) is 5.75 Å². The van der Waals surface area contributed by atoms with E-state index in [4.69, 9.17) is 26.2 Å². The smallest absolute Gasteiger partial charge is 0.341 e. The molecule has 1 aliphatic heterocycles. The van der Waals surface area contributed by atoms with Gasteiger partial charge in [0.2, 0.25) is 0 Å². The van der Waals surface area contributed by atoms with Crippen LogP contribution in [-0.2, 0) is 14.3 Å². The fraction of sp³-hybridized carbons (Fsp3) is 0.231. The second-order valence-electron chi connectivity index (χ2n) is 8.46. The van der Waals surface area contributed by atoms with Crippen LogP contribution in [0.3, 0.4) is 0 Å². The zero-order chi connectivity index (χ0) is 26.9. The van der Waals surface area contributed by atoms with Crippen molar-refractivity contribution in [2.24, 2.45) is 4.99 Å². The molecule has 1 atom stereocenters. The molecule has 4 rings (SSSR count). The molecule has 0 saturated heterocycles. The van der Waals surface area contributed by atoms with Gasteiger partial charge in [0.05, 0.1) is 32.4 Å². The van der Waals surface area contributed by atoms with Crippen molar-refractivity contribution in [2.75, 3.05) is 6.61 Å². The Balaban J connectivity index is 1.83. The fourth-order valence-electron chi connectivity index (χ4n) is 3.84. The Hall–Kier alpha value is -3.21. The maximum atomic E-state index is 13.7. The van der Waals surface area contributed by atoms with Crippen LogP contribution in [0.5, 0.6) is 5.75 Å². The molecule has 0 saturated carbocycles. The minimum atomic E-state index is -1.08. The first kappa shape index (κ1) is 26.8. The quantitative estimate of drug-likeness (QED) is 0.407. The highest BCUT2D eigenvalue weighted by Crippen LogP contribution is 2.32. The number of carboxylic acid groups (broad SMARTS) is 1. The van der Waals surface area contributed by atoms with Gasteiger partial charge in [-0.05, 0) is 78.2 Å². The summed E-state index contributed by atoms with van der Waals surface area (Å²) < 4.78 is 13.2. The molecular formula is C26H22BrClN2O6S. The summed E-state index contributed by atoms with van der Waals surface area (Å²) >= 11 is 10.7. The molecule has 192 valence electrons. The molecule has 1 N–H and O–H groups in total. The third-order valence-electron chi connectivity index (χ3n) is 5.37. The van der Waals surface area contributed by atoms with Gasteiger partial charge in [0.15, 0.2) is 11.4 Å². The van der Waals surface area contributed by atoms with E-state index in [-0.39, 0.29) is 17.2 Å². The molecule has 0 unspecified atom stereocenters. The Morgan fingerprint density at radius 2 is 1.95 bits per heavy atom. The zero-order valence-corrected chi connectivity index (χ0v) is 23.2. The third-order valence-corrected chi connectivity index (χ3v) is 7.23. The largest absolute Gasteiger partial charge is 0.481 e. The number of benzene rings is 2. The molecule has 0 bridgehead atoms. The van der Waals surface area contributed by atoms with Crippen molar-refractivity contribution in [1.82, 2.24) is 4.57 Å². The van der Waals surface area contributed by atoms with Crippen LogP contribution in [0.15, 0.2) is 68.0 Å². The van der Waals surface area contributed by atoms with Crippen LogP contribution in [0.2, 0.25) is 5.02 Å². The summed E-state index contributed by atoms with van der Waals surface area (Å²) in [6.45, 7) is 4.78. The van der Waals surface area contributed by atoms with Gasteiger partial charge in [-0.25, -0.2) is 14.6 Å². The van der Waals surface area contributed by atoms with Crippen molar-refractivity contribution in [1.29, 1.82) is 0 Å². The molecule has 0 fully saturated rings. The molecule has 0 radical (unpaired) electrons. The third kappa shape index (κ3) is 5.87. The first-order valence-corrected chi connectivity index (χ1v) is 13.2. The van der Waals surface area contributed by atoms with E-state index in [0.29, 0.717) is 41.4 Å². The number of allylic oxidation sites excluding steroid dienone is 1. The van der Waals surface area contributed by atoms with Gasteiger partial charge in [-0.1, -0.05) is 41.1 Å². The molecule has 1 aliphatic rings. The summed E-state index contributed by atoms with van der Waals surface area (Å²) in [7, 11) is 0. The number of carbonyl (C=O) groups excluding carboxylic acids is 1. The lowest BCUT2D eigenvalue weighted by Gasteiger charge is -2.25. The molecular weight excluding hydrogens is 584 g/mol. The maximum Gasteiger partial charge on any atom is 0.341 e. The Labute approximate surface area is 229 Å². The second kappa shape index (κ2) is 11.0. The summed E-state index contributed by atoms with van der Waals surface area (Å²) in [5.74, 6) is -1.25. The number of nitrogens with zero attached hydrogens (tertiary/aromatic N) is 2. The second-order valence-corrected chi connectivity index (χ2v) is 10.8. The van der Waals surface area contributed by atoms with Crippen molar-refractivity contribution in [2.45, 2.75) is 32.9 Å². The lowest BCUT2D eigenvalue weighted by atomic mass is 9.96. The minimum Gasteiger partial charge on any atom is -0.481 e. The molecule has 8 nitrogen and oxygen atoms in total. The normalized spacial score (nSPS) is 15.4. The average Bonchev–Trinajstić information content (AvgIpc) is 3.12. The highest BCUT2D eigenvalue weighted by atomic mass is 79.9. The van der Waals surface area contributed by atoms with E-state index in [1.807, 2.05) is 0 Å². The predicted molar refractivity (Wildman–Crippen MR) is 144 cm³/mol. The number of hydrogen-bond acceptors (Lipinski definition) is 7. The Morgan fingerprint density at radius 3 is 2.57 bits per heavy atom. The number of aliphatic carboxylic acids is 1. The number of halogens is 2. The monoisotopic (exact) mass is 604 g/mol. The van der Waals surface area contributed by atoms with Crippen molar-refractivity contribution in [3.05, 3.63) is 94.0 Å². The minimum absolute atomic E-state index is 0.289. The van der Waals surface area contributed by atoms with Gasteiger partial charge in [-0.2, -0.15) is 0 Å². The summed E-state index contributed by atoms with van der Waals surface area (Å²) in [6.07, 6.45) is 1.36. The highest BCUT2D eigenvalue weighted by Gasteiger charge is 2.33. The lowest BCUT2D eigenvalue weighted by molar-refractivity contribution is -0.143. The number of carbonyl (C=O) groups is 2. The summed E-state index contributed by atoms with van der Waals surface area (Å²) in [5, 5.41) is 9.36. The van der Waals surface area contributed by atoms with Crippen LogP contribution in [0.4, 0.5) is 0 Å². The number of fused-ring (bicyclic) bond motifs is 1. The molecule has 11 heteroatoms. The number of ether oxygens (including phenoxy) is 2. The molecule has 37 heavy (non-hydrogen) atoms. The molecule has 0 amide bonds. The zero-order valence-electron chi connectivity index (χ0n) is 20.0. The molecule has 3 aromatic rings. The Morgan fingerprint density at radius 1 is 1.24 bits per heavy atom. The van der Waals surface area contributed by atoms with Crippen molar-refractivity contribution in [3.63, 3.8) is 0 Å². The van der Waals surface area contributed by atoms with Gasteiger partial charge >= 0.3 is 11.9 Å². The number of esters is 1. The van der Waals surface area contributed by atoms with E-state index < -0.39 is 24.6 Å². The van der Waals surface area contributed by atoms with Gasteiger partial charge in [-0.15, -0.1) is 0 Å². The number of hydrogen-bond donors (Lipinski definition) is 1. The molecule has 1 aromatic heterocycles. The Bertz CT molecular complexity index is 1590. The SMILES string of the molecule is CC1=C(C(=O)OC(C)C)[C@H](c2ccc(Cl)cc2)n2c(s/c(=C/c3ccc(OCC(=O)O)c(Br)c3)c2=O)=N1. The summed E-state index contributed by atoms with van der Waals surface area (Å²) in [6, 6.07) is 11.3. The van der Waals surface area contributed by atoms with Crippen LogP contribution < -0.4 is 19.6 Å². The van der Waals surface area contributed by atoms with Crippen LogP contribution in [0.25, 0.3) is 6.08 Å². The predicted octanol–water partition coefficient (Wildman–Crippen LogP) is 4.07. The maximum absolute atomic E-state index is 13.7.